The highest BCUT2D eigenvalue weighted by Crippen LogP contribution is 2.39. The lowest BCUT2D eigenvalue weighted by molar-refractivity contribution is -0.247. The number of hydrogen-bond acceptors (Lipinski definition) is 7. The van der Waals surface area contributed by atoms with E-state index in [4.69, 9.17) is 32.7 Å². The summed E-state index contributed by atoms with van der Waals surface area (Å²) < 4.78 is 11.1. The summed E-state index contributed by atoms with van der Waals surface area (Å²) in [4.78, 5) is 45.2. The van der Waals surface area contributed by atoms with Crippen molar-refractivity contribution in [3.8, 4) is 16.9 Å². The van der Waals surface area contributed by atoms with Crippen LogP contribution in [0.25, 0.3) is 11.1 Å². The predicted octanol–water partition coefficient (Wildman–Crippen LogP) is 4.87. The molecule has 1 atom stereocenters. The van der Waals surface area contributed by atoms with E-state index in [-0.39, 0.29) is 36.0 Å². The average molecular weight is 669 g/mol. The third-order valence-corrected chi connectivity index (χ3v) is 8.94. The number of carboxylic acid groups (broad SMARTS) is 1. The first-order chi connectivity index (χ1) is 21.8. The van der Waals surface area contributed by atoms with Crippen LogP contribution in [-0.4, -0.2) is 86.3 Å². The van der Waals surface area contributed by atoms with Crippen molar-refractivity contribution in [3.63, 3.8) is 0 Å². The minimum atomic E-state index is -1.27. The fourth-order valence-corrected chi connectivity index (χ4v) is 6.07. The highest BCUT2D eigenvalue weighted by molar-refractivity contribution is 6.42. The van der Waals surface area contributed by atoms with E-state index in [2.05, 4.69) is 4.90 Å². The van der Waals surface area contributed by atoms with Gasteiger partial charge in [-0.25, -0.2) is 0 Å². The van der Waals surface area contributed by atoms with Crippen LogP contribution in [0.2, 0.25) is 10.0 Å². The maximum absolute atomic E-state index is 13.8. The minimum absolute atomic E-state index is 0.198. The molecule has 2 heterocycles. The topological polar surface area (TPSA) is 106 Å². The van der Waals surface area contributed by atoms with E-state index < -0.39 is 11.6 Å². The van der Waals surface area contributed by atoms with E-state index in [0.717, 1.165) is 29.8 Å². The molecule has 2 aliphatic heterocycles. The van der Waals surface area contributed by atoms with E-state index in [1.807, 2.05) is 63.2 Å². The molecule has 3 aromatic rings. The fourth-order valence-electron chi connectivity index (χ4n) is 5.76. The van der Waals surface area contributed by atoms with E-state index in [1.165, 1.54) is 15.9 Å². The maximum atomic E-state index is 13.8. The van der Waals surface area contributed by atoms with Gasteiger partial charge in [0.15, 0.2) is 6.61 Å². The van der Waals surface area contributed by atoms with Crippen molar-refractivity contribution in [1.82, 2.24) is 9.80 Å². The zero-order valence-electron chi connectivity index (χ0n) is 26.3. The summed E-state index contributed by atoms with van der Waals surface area (Å²) in [6.07, 6.45) is -1.27. The first-order valence-corrected chi connectivity index (χ1v) is 15.8. The number of anilines is 2. The van der Waals surface area contributed by atoms with Crippen LogP contribution in [0.4, 0.5) is 16.2 Å². The second-order valence-electron chi connectivity index (χ2n) is 12.4. The highest BCUT2D eigenvalue weighted by Gasteiger charge is 2.32. The Kier molecular flexibility index (Phi) is 10.1. The second-order valence-corrected chi connectivity index (χ2v) is 13.2. The number of hydrogen-bond donors (Lipinski definition) is 0. The lowest BCUT2D eigenvalue weighted by Crippen LogP contribution is -2.52. The first-order valence-electron chi connectivity index (χ1n) is 15.0. The molecule has 0 saturated carbocycles. The molecule has 46 heavy (non-hydrogen) atoms. The zero-order valence-corrected chi connectivity index (χ0v) is 27.8. The van der Waals surface area contributed by atoms with Crippen molar-refractivity contribution in [3.05, 3.63) is 76.3 Å². The van der Waals surface area contributed by atoms with Gasteiger partial charge in [-0.3, -0.25) is 19.4 Å². The quantitative estimate of drug-likeness (QED) is 0.338. The van der Waals surface area contributed by atoms with Gasteiger partial charge in [0.25, 0.3) is 5.91 Å². The van der Waals surface area contributed by atoms with Crippen LogP contribution in [0.1, 0.15) is 32.4 Å². The summed E-state index contributed by atoms with van der Waals surface area (Å²) in [6.45, 7) is 8.30. The molecule has 12 heteroatoms. The molecule has 2 aliphatic rings. The van der Waals surface area contributed by atoms with Gasteiger partial charge in [0.1, 0.15) is 18.4 Å². The Morgan fingerprint density at radius 1 is 0.978 bits per heavy atom. The lowest BCUT2D eigenvalue weighted by atomic mass is 9.98. The SMILES string of the molecule is CN(C(=O)CN1C(=O)COc2cc(Cl)c(Cl)cc21)C(CN1CCOCC1)c1ccc(-c2cccc(N(C(=O)[O-])C(C)(C)C)c2)cc1. The second kappa shape index (κ2) is 13.9. The summed E-state index contributed by atoms with van der Waals surface area (Å²) in [6, 6.07) is 18.0. The number of ether oxygens (including phenoxy) is 2. The molecule has 1 saturated heterocycles. The van der Waals surface area contributed by atoms with Gasteiger partial charge in [-0.1, -0.05) is 59.6 Å². The third-order valence-electron chi connectivity index (χ3n) is 8.22. The molecule has 0 bridgehead atoms. The Balaban J connectivity index is 1.41. The summed E-state index contributed by atoms with van der Waals surface area (Å²) in [5.74, 6) is -0.223. The molecule has 5 rings (SSSR count). The standard InChI is InChI=1S/C34H38Cl2N4O6/c1-34(2,3)40(33(43)44)25-7-5-6-24(16-25)22-8-10-23(11-9-22)29(19-38-12-14-45-15-13-38)37(4)31(41)20-39-28-17-26(35)27(36)18-30(28)46-21-32(39)42/h5-11,16-18,29H,12-15,19-21H2,1-4H3,(H,43,44)/p-1. The average Bonchev–Trinajstić information content (AvgIpc) is 3.02. The molecule has 0 aliphatic carbocycles. The Labute approximate surface area is 279 Å². The van der Waals surface area contributed by atoms with Crippen molar-refractivity contribution < 1.29 is 29.0 Å². The van der Waals surface area contributed by atoms with Gasteiger partial charge < -0.3 is 29.2 Å². The number of carbonyl (C=O) groups is 3. The van der Waals surface area contributed by atoms with Crippen LogP contribution in [0.15, 0.2) is 60.7 Å². The number of benzene rings is 3. The lowest BCUT2D eigenvalue weighted by Gasteiger charge is -2.38. The van der Waals surface area contributed by atoms with Crippen molar-refractivity contribution in [1.29, 1.82) is 0 Å². The van der Waals surface area contributed by atoms with Crippen LogP contribution in [0, 0.1) is 0 Å². The number of morpholine rings is 1. The zero-order chi connectivity index (χ0) is 33.2. The van der Waals surface area contributed by atoms with E-state index >= 15 is 0 Å². The minimum Gasteiger partial charge on any atom is -0.530 e. The molecule has 0 N–H and O–H groups in total. The molecule has 1 unspecified atom stereocenters. The summed E-state index contributed by atoms with van der Waals surface area (Å²) in [7, 11) is 1.74. The van der Waals surface area contributed by atoms with Gasteiger partial charge in [0.05, 0.1) is 35.0 Å². The van der Waals surface area contributed by atoms with Crippen LogP contribution in [-0.2, 0) is 14.3 Å². The van der Waals surface area contributed by atoms with E-state index in [9.17, 15) is 19.5 Å². The number of nitrogens with zero attached hydrogens (tertiary/aromatic N) is 4. The van der Waals surface area contributed by atoms with Gasteiger partial charge in [-0.2, -0.15) is 0 Å². The normalized spacial score (nSPS) is 16.0. The number of rotatable bonds is 8. The van der Waals surface area contributed by atoms with Crippen molar-refractivity contribution in [2.75, 3.05) is 62.8 Å². The summed E-state index contributed by atoms with van der Waals surface area (Å²) in [5.41, 5.74) is 2.88. The first kappa shape index (κ1) is 33.5. The van der Waals surface area contributed by atoms with Gasteiger partial charge in [-0.15, -0.1) is 0 Å². The molecule has 10 nitrogen and oxygen atoms in total. The number of amides is 3. The monoisotopic (exact) mass is 667 g/mol. The molecule has 0 aromatic heterocycles. The van der Waals surface area contributed by atoms with Gasteiger partial charge in [0, 0.05) is 44.0 Å². The number of carbonyl (C=O) groups excluding carboxylic acids is 3. The molecule has 0 spiro atoms. The van der Waals surface area contributed by atoms with E-state index in [1.54, 1.807) is 24.1 Å². The Morgan fingerprint density at radius 3 is 2.30 bits per heavy atom. The smallest absolute Gasteiger partial charge is 0.265 e. The molecule has 3 aromatic carbocycles. The van der Waals surface area contributed by atoms with Crippen LogP contribution in [0.5, 0.6) is 5.75 Å². The van der Waals surface area contributed by atoms with E-state index in [0.29, 0.717) is 41.9 Å². The Morgan fingerprint density at radius 2 is 1.65 bits per heavy atom. The third kappa shape index (κ3) is 7.41. The van der Waals surface area contributed by atoms with Crippen molar-refractivity contribution in [2.24, 2.45) is 0 Å². The van der Waals surface area contributed by atoms with Crippen molar-refractivity contribution >= 4 is 52.5 Å². The number of likely N-dealkylation sites (N-methyl/N-ethyl adjacent to an activating group) is 1. The maximum Gasteiger partial charge on any atom is 0.265 e. The summed E-state index contributed by atoms with van der Waals surface area (Å²) >= 11 is 12.4. The summed E-state index contributed by atoms with van der Waals surface area (Å²) in [5, 5.41) is 12.5. The van der Waals surface area contributed by atoms with Gasteiger partial charge >= 0.3 is 0 Å². The molecular weight excluding hydrogens is 631 g/mol. The number of halogens is 2. The van der Waals surface area contributed by atoms with Gasteiger partial charge in [-0.05, 0) is 55.7 Å². The molecular formula is C34H37Cl2N4O6-. The van der Waals surface area contributed by atoms with Crippen LogP contribution in [0.3, 0.4) is 0 Å². The van der Waals surface area contributed by atoms with Crippen molar-refractivity contribution in [2.45, 2.75) is 32.4 Å². The molecule has 3 amide bonds. The molecule has 0 radical (unpaired) electrons. The Hall–Kier alpha value is -3.83. The van der Waals surface area contributed by atoms with Crippen LogP contribution >= 0.6 is 23.2 Å². The predicted molar refractivity (Wildman–Crippen MR) is 177 cm³/mol. The fraction of sp³-hybridized carbons (Fsp3) is 0.382. The van der Waals surface area contributed by atoms with Gasteiger partial charge in [0.2, 0.25) is 5.91 Å². The number of fused-ring (bicyclic) bond motifs is 1. The Bertz CT molecular complexity index is 1600. The highest BCUT2D eigenvalue weighted by atomic mass is 35.5. The van der Waals surface area contributed by atoms with Crippen LogP contribution < -0.4 is 19.6 Å². The molecule has 244 valence electrons. The molecule has 1 fully saturated rings. The largest absolute Gasteiger partial charge is 0.530 e.